The van der Waals surface area contributed by atoms with Gasteiger partial charge in [-0.1, -0.05) is 11.6 Å². The molecule has 0 N–H and O–H groups in total. The molecule has 0 atom stereocenters. The Hall–Kier alpha value is -1.37. The van der Waals surface area contributed by atoms with Crippen LogP contribution in [0.5, 0.6) is 5.75 Å². The molecule has 0 aliphatic rings. The van der Waals surface area contributed by atoms with E-state index in [2.05, 4.69) is 9.72 Å². The molecule has 17 heavy (non-hydrogen) atoms. The minimum Gasteiger partial charge on any atom is -0.463 e. The lowest BCUT2D eigenvalue weighted by atomic mass is 10.2. The summed E-state index contributed by atoms with van der Waals surface area (Å²) in [6, 6.07) is 1.44. The molecule has 0 aliphatic heterocycles. The lowest BCUT2D eigenvalue weighted by Crippen LogP contribution is -2.11. The fourth-order valence-electron chi connectivity index (χ4n) is 1.03. The molecule has 0 bridgehead atoms. The van der Waals surface area contributed by atoms with E-state index in [1.807, 2.05) is 0 Å². The Bertz CT molecular complexity index is 385. The Morgan fingerprint density at radius 3 is 2.71 bits per heavy atom. The molecule has 0 fully saturated rings. The minimum atomic E-state index is -0.609. The number of carbonyl (C=O) groups excluding carboxylic acids is 1. The number of pyridine rings is 1. The molecular weight excluding hydrogens is 250 g/mol. The molecule has 0 amide bonds. The summed E-state index contributed by atoms with van der Waals surface area (Å²) in [5, 5.41) is 0.0638. The highest BCUT2D eigenvalue weighted by Crippen LogP contribution is 2.27. The number of hydrogen-bond donors (Lipinski definition) is 0. The number of aromatic nitrogens is 1. The summed E-state index contributed by atoms with van der Waals surface area (Å²) >= 11 is 5.81. The van der Waals surface area contributed by atoms with Gasteiger partial charge in [0.05, 0.1) is 0 Å². The molecule has 0 radical (unpaired) electrons. The van der Waals surface area contributed by atoms with Crippen LogP contribution in [-0.4, -0.2) is 38.8 Å². The lowest BCUT2D eigenvalue weighted by molar-refractivity contribution is -0.0132. The van der Waals surface area contributed by atoms with Crippen LogP contribution in [0.4, 0.5) is 0 Å². The number of hydrogen-bond acceptors (Lipinski definition) is 6. The van der Waals surface area contributed by atoms with E-state index in [1.54, 1.807) is 0 Å². The number of methoxy groups -OCH3 is 2. The van der Waals surface area contributed by atoms with E-state index in [9.17, 15) is 4.79 Å². The second kappa shape index (κ2) is 7.05. The molecule has 0 aliphatic carbocycles. The minimum absolute atomic E-state index is 0.0457. The van der Waals surface area contributed by atoms with Gasteiger partial charge in [-0.2, -0.15) is 0 Å². The summed E-state index contributed by atoms with van der Waals surface area (Å²) in [5.41, 5.74) is 0.166. The van der Waals surface area contributed by atoms with Crippen LogP contribution in [0.25, 0.3) is 0 Å². The topological polar surface area (TPSA) is 66.9 Å². The SMILES string of the molecule is COCOC(=O)c1ccnc(Cl)c1OCOC. The Labute approximate surface area is 103 Å². The van der Waals surface area contributed by atoms with Gasteiger partial charge in [0.15, 0.2) is 24.5 Å². The zero-order chi connectivity index (χ0) is 12.7. The monoisotopic (exact) mass is 261 g/mol. The number of esters is 1. The van der Waals surface area contributed by atoms with E-state index in [4.69, 9.17) is 25.8 Å². The lowest BCUT2D eigenvalue weighted by Gasteiger charge is -2.10. The van der Waals surface area contributed by atoms with E-state index in [0.717, 1.165) is 0 Å². The first-order chi connectivity index (χ1) is 8.20. The molecule has 0 unspecified atom stereocenters. The third kappa shape index (κ3) is 3.85. The zero-order valence-electron chi connectivity index (χ0n) is 9.44. The molecule has 1 heterocycles. The molecule has 6 nitrogen and oxygen atoms in total. The van der Waals surface area contributed by atoms with Gasteiger partial charge in [-0.25, -0.2) is 9.78 Å². The van der Waals surface area contributed by atoms with Crippen molar-refractivity contribution in [3.05, 3.63) is 23.0 Å². The highest BCUT2D eigenvalue weighted by atomic mass is 35.5. The van der Waals surface area contributed by atoms with Gasteiger partial charge < -0.3 is 18.9 Å². The second-order valence-electron chi connectivity index (χ2n) is 2.87. The van der Waals surface area contributed by atoms with Crippen molar-refractivity contribution < 1.29 is 23.7 Å². The number of carbonyl (C=O) groups is 1. The molecule has 1 aromatic heterocycles. The van der Waals surface area contributed by atoms with E-state index in [0.29, 0.717) is 0 Å². The molecule has 94 valence electrons. The number of nitrogens with zero attached hydrogens (tertiary/aromatic N) is 1. The average molecular weight is 262 g/mol. The Kier molecular flexibility index (Phi) is 5.68. The normalized spacial score (nSPS) is 10.1. The predicted octanol–water partition coefficient (Wildman–Crippen LogP) is 1.48. The van der Waals surface area contributed by atoms with Crippen molar-refractivity contribution in [1.29, 1.82) is 0 Å². The molecule has 7 heteroatoms. The van der Waals surface area contributed by atoms with Crippen molar-refractivity contribution in [2.75, 3.05) is 27.8 Å². The van der Waals surface area contributed by atoms with E-state index in [1.165, 1.54) is 26.5 Å². The van der Waals surface area contributed by atoms with Crippen LogP contribution in [0.2, 0.25) is 5.15 Å². The first-order valence-electron chi connectivity index (χ1n) is 4.63. The highest BCUT2D eigenvalue weighted by molar-refractivity contribution is 6.31. The maximum Gasteiger partial charge on any atom is 0.344 e. The molecular formula is C10H12ClNO5. The molecule has 0 saturated heterocycles. The highest BCUT2D eigenvalue weighted by Gasteiger charge is 2.17. The maximum atomic E-state index is 11.6. The van der Waals surface area contributed by atoms with Gasteiger partial charge in [0.1, 0.15) is 5.56 Å². The van der Waals surface area contributed by atoms with Gasteiger partial charge in [-0.3, -0.25) is 0 Å². The average Bonchev–Trinajstić information content (AvgIpc) is 2.34. The standard InChI is InChI=1S/C10H12ClNO5/c1-14-5-16-8-7(3-4-12-9(8)11)10(13)17-6-15-2/h3-4H,5-6H2,1-2H3. The summed E-state index contributed by atoms with van der Waals surface area (Å²) in [5.74, 6) is -0.487. The van der Waals surface area contributed by atoms with Crippen molar-refractivity contribution in [3.63, 3.8) is 0 Å². The fraction of sp³-hybridized carbons (Fsp3) is 0.400. The smallest absolute Gasteiger partial charge is 0.344 e. The van der Waals surface area contributed by atoms with Gasteiger partial charge >= 0.3 is 5.97 Å². The quantitative estimate of drug-likeness (QED) is 0.439. The van der Waals surface area contributed by atoms with Crippen molar-refractivity contribution in [3.8, 4) is 5.75 Å². The maximum absolute atomic E-state index is 11.6. The van der Waals surface area contributed by atoms with Gasteiger partial charge in [-0.15, -0.1) is 0 Å². The van der Waals surface area contributed by atoms with Crippen molar-refractivity contribution in [1.82, 2.24) is 4.98 Å². The molecule has 0 saturated carbocycles. The Morgan fingerprint density at radius 2 is 2.06 bits per heavy atom. The number of ether oxygens (including phenoxy) is 4. The van der Waals surface area contributed by atoms with Crippen LogP contribution in [-0.2, 0) is 14.2 Å². The van der Waals surface area contributed by atoms with Crippen LogP contribution in [0.15, 0.2) is 12.3 Å². The van der Waals surface area contributed by atoms with E-state index >= 15 is 0 Å². The van der Waals surface area contributed by atoms with E-state index < -0.39 is 5.97 Å². The summed E-state index contributed by atoms with van der Waals surface area (Å²) < 4.78 is 19.3. The molecule has 0 aromatic carbocycles. The Balaban J connectivity index is 2.89. The molecule has 1 aromatic rings. The first kappa shape index (κ1) is 13.7. The van der Waals surface area contributed by atoms with E-state index in [-0.39, 0.29) is 30.1 Å². The van der Waals surface area contributed by atoms with Gasteiger partial charge in [0, 0.05) is 20.4 Å². The molecule has 0 spiro atoms. The Morgan fingerprint density at radius 1 is 1.35 bits per heavy atom. The van der Waals surface area contributed by atoms with Crippen molar-refractivity contribution in [2.45, 2.75) is 0 Å². The predicted molar refractivity (Wildman–Crippen MR) is 59.0 cm³/mol. The van der Waals surface area contributed by atoms with Crippen LogP contribution < -0.4 is 4.74 Å². The fourth-order valence-corrected chi connectivity index (χ4v) is 1.24. The first-order valence-corrected chi connectivity index (χ1v) is 5.00. The summed E-state index contributed by atoms with van der Waals surface area (Å²) in [4.78, 5) is 15.4. The third-order valence-corrected chi connectivity index (χ3v) is 1.98. The van der Waals surface area contributed by atoms with Crippen LogP contribution >= 0.6 is 11.6 Å². The summed E-state index contributed by atoms with van der Waals surface area (Å²) in [7, 11) is 2.86. The zero-order valence-corrected chi connectivity index (χ0v) is 10.2. The van der Waals surface area contributed by atoms with Gasteiger partial charge in [0.25, 0.3) is 0 Å². The van der Waals surface area contributed by atoms with Crippen LogP contribution in [0.1, 0.15) is 10.4 Å². The number of halogens is 1. The van der Waals surface area contributed by atoms with Gasteiger partial charge in [-0.05, 0) is 6.07 Å². The van der Waals surface area contributed by atoms with Crippen LogP contribution in [0, 0.1) is 0 Å². The number of rotatable bonds is 6. The van der Waals surface area contributed by atoms with Gasteiger partial charge in [0.2, 0.25) is 0 Å². The summed E-state index contributed by atoms with van der Waals surface area (Å²) in [6.07, 6.45) is 1.38. The van der Waals surface area contributed by atoms with Crippen molar-refractivity contribution >= 4 is 17.6 Å². The summed E-state index contributed by atoms with van der Waals surface area (Å²) in [6.45, 7) is -0.196. The molecule has 1 rings (SSSR count). The third-order valence-electron chi connectivity index (χ3n) is 1.71. The second-order valence-corrected chi connectivity index (χ2v) is 3.23. The largest absolute Gasteiger partial charge is 0.463 e. The van der Waals surface area contributed by atoms with Crippen molar-refractivity contribution in [2.24, 2.45) is 0 Å². The van der Waals surface area contributed by atoms with Crippen LogP contribution in [0.3, 0.4) is 0 Å².